The van der Waals surface area contributed by atoms with Crippen LogP contribution < -0.4 is 0 Å². The van der Waals surface area contributed by atoms with Gasteiger partial charge in [0.15, 0.2) is 0 Å². The van der Waals surface area contributed by atoms with Crippen LogP contribution in [0.15, 0.2) is 25.0 Å². The van der Waals surface area contributed by atoms with Crippen molar-refractivity contribution in [1.29, 1.82) is 0 Å². The molecule has 0 aromatic rings. The van der Waals surface area contributed by atoms with Gasteiger partial charge in [-0.15, -0.1) is 0 Å². The molecule has 4 heteroatoms. The van der Waals surface area contributed by atoms with Crippen LogP contribution in [0.4, 0.5) is 0 Å². The molecule has 0 aromatic heterocycles. The summed E-state index contributed by atoms with van der Waals surface area (Å²) in [7, 11) is 0. The highest BCUT2D eigenvalue weighted by atomic mass is 16.6. The highest BCUT2D eigenvalue weighted by Gasteiger charge is 2.03. The molecule has 86 valence electrons. The van der Waals surface area contributed by atoms with Crippen LogP contribution in [0.3, 0.4) is 0 Å². The van der Waals surface area contributed by atoms with Crippen LogP contribution >= 0.6 is 0 Å². The minimum atomic E-state index is -0.394. The van der Waals surface area contributed by atoms with Crippen molar-refractivity contribution in [2.24, 2.45) is 0 Å². The fourth-order valence-electron chi connectivity index (χ4n) is 0.769. The summed E-state index contributed by atoms with van der Waals surface area (Å²) in [5.74, 6) is -0.394. The fourth-order valence-corrected chi connectivity index (χ4v) is 0.769. The van der Waals surface area contributed by atoms with E-state index in [-0.39, 0.29) is 12.7 Å². The van der Waals surface area contributed by atoms with E-state index in [9.17, 15) is 4.79 Å². The van der Waals surface area contributed by atoms with E-state index in [1.807, 2.05) is 6.92 Å². The molecule has 4 nitrogen and oxygen atoms in total. The zero-order valence-electron chi connectivity index (χ0n) is 9.32. The second-order valence-corrected chi connectivity index (χ2v) is 3.10. The first-order valence-corrected chi connectivity index (χ1v) is 4.74. The topological polar surface area (TPSA) is 44.8 Å². The number of rotatable bonds is 8. The maximum absolute atomic E-state index is 10.9. The van der Waals surface area contributed by atoms with Crippen LogP contribution in [0.2, 0.25) is 0 Å². The predicted octanol–water partition coefficient (Wildman–Crippen LogP) is 1.67. The summed E-state index contributed by atoms with van der Waals surface area (Å²) >= 11 is 0. The summed E-state index contributed by atoms with van der Waals surface area (Å²) in [6.45, 7) is 11.4. The molecular formula is C11H18O4. The van der Waals surface area contributed by atoms with E-state index in [1.54, 1.807) is 6.92 Å². The number of carbonyl (C=O) groups is 1. The van der Waals surface area contributed by atoms with Gasteiger partial charge in [0.05, 0.1) is 19.5 Å². The van der Waals surface area contributed by atoms with Gasteiger partial charge in [-0.3, -0.25) is 0 Å². The molecule has 0 amide bonds. The summed E-state index contributed by atoms with van der Waals surface area (Å²) < 4.78 is 15.0. The van der Waals surface area contributed by atoms with E-state index in [0.29, 0.717) is 18.8 Å². The van der Waals surface area contributed by atoms with E-state index >= 15 is 0 Å². The molecular weight excluding hydrogens is 196 g/mol. The minimum absolute atomic E-state index is 0.0423. The van der Waals surface area contributed by atoms with E-state index in [4.69, 9.17) is 14.2 Å². The molecule has 15 heavy (non-hydrogen) atoms. The number of hydrogen-bond acceptors (Lipinski definition) is 4. The molecule has 1 atom stereocenters. The number of esters is 1. The summed E-state index contributed by atoms with van der Waals surface area (Å²) in [5.41, 5.74) is 0.387. The second-order valence-electron chi connectivity index (χ2n) is 3.10. The molecule has 0 aliphatic heterocycles. The van der Waals surface area contributed by atoms with E-state index in [1.165, 1.54) is 6.26 Å². The Hall–Kier alpha value is -1.29. The highest BCUT2D eigenvalue weighted by molar-refractivity contribution is 5.86. The van der Waals surface area contributed by atoms with Crippen molar-refractivity contribution in [3.63, 3.8) is 0 Å². The standard InChI is InChI=1S/C11H18O4/c1-5-14-10(4)8-13-6-7-15-11(12)9(2)3/h5,10H,1-2,6-8H2,3-4H3. The molecule has 1 unspecified atom stereocenters. The molecule has 0 N–H and O–H groups in total. The Morgan fingerprint density at radius 2 is 2.13 bits per heavy atom. The molecule has 0 fully saturated rings. The Kier molecular flexibility index (Phi) is 7.36. The van der Waals surface area contributed by atoms with Gasteiger partial charge < -0.3 is 14.2 Å². The zero-order chi connectivity index (χ0) is 11.7. The lowest BCUT2D eigenvalue weighted by Crippen LogP contribution is -2.17. The largest absolute Gasteiger partial charge is 0.497 e. The quantitative estimate of drug-likeness (QED) is 0.267. The highest BCUT2D eigenvalue weighted by Crippen LogP contribution is 1.94. The first-order valence-electron chi connectivity index (χ1n) is 4.74. The molecule has 0 heterocycles. The van der Waals surface area contributed by atoms with Crippen molar-refractivity contribution in [3.8, 4) is 0 Å². The van der Waals surface area contributed by atoms with Gasteiger partial charge in [0.25, 0.3) is 0 Å². The third-order valence-corrected chi connectivity index (χ3v) is 1.49. The maximum atomic E-state index is 10.9. The van der Waals surface area contributed by atoms with Gasteiger partial charge in [0.1, 0.15) is 12.7 Å². The molecule has 0 aromatic carbocycles. The van der Waals surface area contributed by atoms with Crippen LogP contribution in [-0.2, 0) is 19.0 Å². The van der Waals surface area contributed by atoms with Crippen LogP contribution in [0, 0.1) is 0 Å². The van der Waals surface area contributed by atoms with Crippen LogP contribution in [0.1, 0.15) is 13.8 Å². The summed E-state index contributed by atoms with van der Waals surface area (Å²) in [5, 5.41) is 0. The van der Waals surface area contributed by atoms with Gasteiger partial charge in [-0.2, -0.15) is 0 Å². The molecule has 0 radical (unpaired) electrons. The zero-order valence-corrected chi connectivity index (χ0v) is 9.32. The Balaban J connectivity index is 3.35. The summed E-state index contributed by atoms with van der Waals surface area (Å²) in [6.07, 6.45) is 1.33. The molecule has 0 aliphatic carbocycles. The molecule has 0 bridgehead atoms. The SMILES string of the molecule is C=COC(C)COCCOC(=O)C(=C)C. The lowest BCUT2D eigenvalue weighted by Gasteiger charge is -2.11. The minimum Gasteiger partial charge on any atom is -0.497 e. The van der Waals surface area contributed by atoms with Crippen molar-refractivity contribution in [3.05, 3.63) is 25.0 Å². The Morgan fingerprint density at radius 1 is 1.47 bits per heavy atom. The maximum Gasteiger partial charge on any atom is 0.333 e. The molecule has 0 rings (SSSR count). The first-order chi connectivity index (χ1) is 7.07. The third kappa shape index (κ3) is 7.76. The summed E-state index contributed by atoms with van der Waals surface area (Å²) in [4.78, 5) is 10.9. The third-order valence-electron chi connectivity index (χ3n) is 1.49. The van der Waals surface area contributed by atoms with Gasteiger partial charge in [0, 0.05) is 5.57 Å². The van der Waals surface area contributed by atoms with Crippen molar-refractivity contribution in [2.45, 2.75) is 20.0 Å². The fraction of sp³-hybridized carbons (Fsp3) is 0.545. The second kappa shape index (κ2) is 8.05. The van der Waals surface area contributed by atoms with Crippen LogP contribution in [0.25, 0.3) is 0 Å². The van der Waals surface area contributed by atoms with Gasteiger partial charge in [-0.25, -0.2) is 4.79 Å². The molecule has 0 saturated carbocycles. The Morgan fingerprint density at radius 3 is 2.67 bits per heavy atom. The molecule has 0 aliphatic rings. The first kappa shape index (κ1) is 13.7. The van der Waals surface area contributed by atoms with Crippen molar-refractivity contribution in [2.75, 3.05) is 19.8 Å². The monoisotopic (exact) mass is 214 g/mol. The lowest BCUT2D eigenvalue weighted by molar-refractivity contribution is -0.140. The van der Waals surface area contributed by atoms with Gasteiger partial charge in [-0.1, -0.05) is 13.2 Å². The van der Waals surface area contributed by atoms with Gasteiger partial charge >= 0.3 is 5.97 Å². The van der Waals surface area contributed by atoms with Crippen LogP contribution in [0.5, 0.6) is 0 Å². The smallest absolute Gasteiger partial charge is 0.333 e. The normalized spacial score (nSPS) is 11.6. The number of hydrogen-bond donors (Lipinski definition) is 0. The predicted molar refractivity (Wildman–Crippen MR) is 57.3 cm³/mol. The van der Waals surface area contributed by atoms with E-state index in [0.717, 1.165) is 0 Å². The van der Waals surface area contributed by atoms with E-state index in [2.05, 4.69) is 13.2 Å². The van der Waals surface area contributed by atoms with Gasteiger partial charge in [-0.05, 0) is 13.8 Å². The summed E-state index contributed by atoms with van der Waals surface area (Å²) in [6, 6.07) is 0. The van der Waals surface area contributed by atoms with Crippen molar-refractivity contribution in [1.82, 2.24) is 0 Å². The molecule has 0 saturated heterocycles. The van der Waals surface area contributed by atoms with Gasteiger partial charge in [0.2, 0.25) is 0 Å². The average molecular weight is 214 g/mol. The Labute approximate surface area is 90.5 Å². The van der Waals surface area contributed by atoms with Crippen molar-refractivity contribution >= 4 is 5.97 Å². The Bertz CT molecular complexity index is 223. The van der Waals surface area contributed by atoms with E-state index < -0.39 is 5.97 Å². The molecule has 0 spiro atoms. The number of ether oxygens (including phenoxy) is 3. The number of carbonyl (C=O) groups excluding carboxylic acids is 1. The lowest BCUT2D eigenvalue weighted by atomic mass is 10.4. The average Bonchev–Trinajstić information content (AvgIpc) is 2.17. The van der Waals surface area contributed by atoms with Crippen LogP contribution in [-0.4, -0.2) is 31.9 Å². The van der Waals surface area contributed by atoms with Crippen molar-refractivity contribution < 1.29 is 19.0 Å².